The fourth-order valence-corrected chi connectivity index (χ4v) is 1.26. The second kappa shape index (κ2) is 5.73. The standard InChI is InChI=1S/C7H19N2O3P/c1-6(2)8-11-13(5,10)12-9-7(3)4/h6-9H,1-5H3. The lowest BCUT2D eigenvalue weighted by atomic mass is 10.4. The van der Waals surface area contributed by atoms with Crippen LogP contribution in [0.5, 0.6) is 0 Å². The summed E-state index contributed by atoms with van der Waals surface area (Å²) in [6.07, 6.45) is 0. The van der Waals surface area contributed by atoms with E-state index in [9.17, 15) is 4.57 Å². The van der Waals surface area contributed by atoms with Crippen LogP contribution in [0.1, 0.15) is 27.7 Å². The summed E-state index contributed by atoms with van der Waals surface area (Å²) in [5.74, 6) is 0. The van der Waals surface area contributed by atoms with Gasteiger partial charge >= 0.3 is 7.60 Å². The SMILES string of the molecule is CC(C)NOP(C)(=O)ONC(C)C. The predicted octanol–water partition coefficient (Wildman–Crippen LogP) is 1.67. The van der Waals surface area contributed by atoms with Crippen LogP contribution in [0.3, 0.4) is 0 Å². The Morgan fingerprint density at radius 2 is 1.31 bits per heavy atom. The number of hydrogen-bond donors (Lipinski definition) is 2. The van der Waals surface area contributed by atoms with Crippen LogP contribution < -0.4 is 11.0 Å². The van der Waals surface area contributed by atoms with Gasteiger partial charge < -0.3 is 0 Å². The highest BCUT2D eigenvalue weighted by atomic mass is 31.2. The summed E-state index contributed by atoms with van der Waals surface area (Å²) in [5.41, 5.74) is 5.16. The van der Waals surface area contributed by atoms with Crippen LogP contribution in [0.2, 0.25) is 0 Å². The molecule has 0 aliphatic heterocycles. The van der Waals surface area contributed by atoms with Crippen molar-refractivity contribution in [2.75, 3.05) is 6.66 Å². The second-order valence-electron chi connectivity index (χ2n) is 3.50. The summed E-state index contributed by atoms with van der Waals surface area (Å²) < 4.78 is 21.2. The number of rotatable bonds is 6. The van der Waals surface area contributed by atoms with Crippen molar-refractivity contribution in [3.8, 4) is 0 Å². The van der Waals surface area contributed by atoms with E-state index in [1.54, 1.807) is 0 Å². The molecule has 5 nitrogen and oxygen atoms in total. The first-order valence-corrected chi connectivity index (χ1v) is 6.28. The molecule has 0 spiro atoms. The molecule has 0 radical (unpaired) electrons. The van der Waals surface area contributed by atoms with Crippen molar-refractivity contribution in [1.29, 1.82) is 0 Å². The Balaban J connectivity index is 3.74. The van der Waals surface area contributed by atoms with E-state index in [0.29, 0.717) is 0 Å². The lowest BCUT2D eigenvalue weighted by Crippen LogP contribution is -2.26. The highest BCUT2D eigenvalue weighted by molar-refractivity contribution is 7.52. The maximum Gasteiger partial charge on any atom is 0.360 e. The number of hydrogen-bond acceptors (Lipinski definition) is 5. The lowest BCUT2D eigenvalue weighted by Gasteiger charge is -2.17. The van der Waals surface area contributed by atoms with E-state index in [1.807, 2.05) is 27.7 Å². The Kier molecular flexibility index (Phi) is 5.76. The molecule has 0 aromatic rings. The van der Waals surface area contributed by atoms with Crippen molar-refractivity contribution in [3.05, 3.63) is 0 Å². The van der Waals surface area contributed by atoms with Crippen LogP contribution in [-0.2, 0) is 13.8 Å². The molecule has 0 aromatic carbocycles. The van der Waals surface area contributed by atoms with Gasteiger partial charge in [0.25, 0.3) is 0 Å². The van der Waals surface area contributed by atoms with Crippen molar-refractivity contribution < 1.29 is 13.8 Å². The summed E-state index contributed by atoms with van der Waals surface area (Å²) >= 11 is 0. The normalized spacial score (nSPS) is 12.8. The van der Waals surface area contributed by atoms with Crippen LogP contribution in [0.25, 0.3) is 0 Å². The van der Waals surface area contributed by atoms with Crippen molar-refractivity contribution in [3.63, 3.8) is 0 Å². The summed E-state index contributed by atoms with van der Waals surface area (Å²) in [5, 5.41) is 0. The fourth-order valence-electron chi connectivity index (χ4n) is 0.421. The molecule has 0 bridgehead atoms. The lowest BCUT2D eigenvalue weighted by molar-refractivity contribution is 0.0828. The molecular weight excluding hydrogens is 191 g/mol. The van der Waals surface area contributed by atoms with E-state index in [-0.39, 0.29) is 12.1 Å². The van der Waals surface area contributed by atoms with Gasteiger partial charge in [0.15, 0.2) is 0 Å². The van der Waals surface area contributed by atoms with Crippen molar-refractivity contribution in [2.45, 2.75) is 39.8 Å². The van der Waals surface area contributed by atoms with Gasteiger partial charge in [-0.1, -0.05) is 0 Å². The topological polar surface area (TPSA) is 59.6 Å². The van der Waals surface area contributed by atoms with Crippen LogP contribution >= 0.6 is 7.60 Å². The predicted molar refractivity (Wildman–Crippen MR) is 52.2 cm³/mol. The minimum Gasteiger partial charge on any atom is -0.257 e. The molecule has 0 amide bonds. The average molecular weight is 210 g/mol. The van der Waals surface area contributed by atoms with Gasteiger partial charge in [-0.2, -0.15) is 11.0 Å². The first-order valence-electron chi connectivity index (χ1n) is 4.29. The first-order chi connectivity index (χ1) is 5.83. The molecule has 0 rings (SSSR count). The van der Waals surface area contributed by atoms with Crippen molar-refractivity contribution >= 4 is 7.60 Å². The van der Waals surface area contributed by atoms with E-state index in [2.05, 4.69) is 11.0 Å². The molecule has 0 fully saturated rings. The summed E-state index contributed by atoms with van der Waals surface area (Å²) in [6, 6.07) is 0.215. The van der Waals surface area contributed by atoms with Crippen LogP contribution in [0.4, 0.5) is 0 Å². The first kappa shape index (κ1) is 13.1. The third-order valence-electron chi connectivity index (χ3n) is 0.908. The van der Waals surface area contributed by atoms with Gasteiger partial charge in [-0.05, 0) is 27.7 Å². The molecule has 0 aliphatic rings. The summed E-state index contributed by atoms with van der Waals surface area (Å²) in [6.45, 7) is 8.94. The maximum atomic E-state index is 11.5. The highest BCUT2D eigenvalue weighted by Gasteiger charge is 2.18. The number of nitrogens with one attached hydrogen (secondary N) is 2. The smallest absolute Gasteiger partial charge is 0.257 e. The third kappa shape index (κ3) is 8.40. The van der Waals surface area contributed by atoms with E-state index in [0.717, 1.165) is 0 Å². The molecular formula is C7H19N2O3P. The van der Waals surface area contributed by atoms with Gasteiger partial charge in [0.05, 0.1) is 0 Å². The molecule has 0 unspecified atom stereocenters. The minimum atomic E-state index is -3.02. The average Bonchev–Trinajstić information content (AvgIpc) is 1.98. The van der Waals surface area contributed by atoms with E-state index in [1.165, 1.54) is 6.66 Å². The number of hydroxylamine groups is 2. The molecule has 80 valence electrons. The van der Waals surface area contributed by atoms with Gasteiger partial charge in [-0.15, -0.1) is 0 Å². The molecule has 0 saturated carbocycles. The zero-order valence-corrected chi connectivity index (χ0v) is 9.72. The Labute approximate surface area is 79.6 Å². The molecule has 6 heteroatoms. The monoisotopic (exact) mass is 210 g/mol. The van der Waals surface area contributed by atoms with Gasteiger partial charge in [0.1, 0.15) is 0 Å². The summed E-state index contributed by atoms with van der Waals surface area (Å²) in [4.78, 5) is 0. The van der Waals surface area contributed by atoms with Crippen LogP contribution in [0, 0.1) is 0 Å². The van der Waals surface area contributed by atoms with Crippen LogP contribution in [-0.4, -0.2) is 18.7 Å². The third-order valence-corrected chi connectivity index (χ3v) is 1.78. The van der Waals surface area contributed by atoms with Gasteiger partial charge in [0, 0.05) is 18.7 Å². The van der Waals surface area contributed by atoms with Crippen molar-refractivity contribution in [2.24, 2.45) is 0 Å². The van der Waals surface area contributed by atoms with Crippen LogP contribution in [0.15, 0.2) is 0 Å². The molecule has 0 saturated heterocycles. The fraction of sp³-hybridized carbons (Fsp3) is 1.00. The molecule has 13 heavy (non-hydrogen) atoms. The van der Waals surface area contributed by atoms with Gasteiger partial charge in [0.2, 0.25) is 0 Å². The zero-order chi connectivity index (χ0) is 10.5. The molecule has 0 aliphatic carbocycles. The van der Waals surface area contributed by atoms with E-state index >= 15 is 0 Å². The Morgan fingerprint density at radius 1 is 1.00 bits per heavy atom. The Hall–Kier alpha value is 0.0700. The Bertz CT molecular complexity index is 169. The van der Waals surface area contributed by atoms with E-state index < -0.39 is 7.60 Å². The summed E-state index contributed by atoms with van der Waals surface area (Å²) in [7, 11) is -3.02. The Morgan fingerprint density at radius 3 is 1.54 bits per heavy atom. The van der Waals surface area contributed by atoms with Crippen molar-refractivity contribution in [1.82, 2.24) is 11.0 Å². The van der Waals surface area contributed by atoms with Gasteiger partial charge in [-0.25, -0.2) is 9.25 Å². The quantitative estimate of drug-likeness (QED) is 0.516. The van der Waals surface area contributed by atoms with Gasteiger partial charge in [-0.3, -0.25) is 4.57 Å². The minimum absolute atomic E-state index is 0.107. The van der Waals surface area contributed by atoms with E-state index in [4.69, 9.17) is 9.25 Å². The molecule has 0 heterocycles. The molecule has 0 atom stereocenters. The second-order valence-corrected chi connectivity index (χ2v) is 5.41. The molecule has 2 N–H and O–H groups in total. The maximum absolute atomic E-state index is 11.5. The largest absolute Gasteiger partial charge is 0.360 e. The zero-order valence-electron chi connectivity index (χ0n) is 8.83. The molecule has 0 aromatic heterocycles. The highest BCUT2D eigenvalue weighted by Crippen LogP contribution is 2.41.